The number of halogens is 1. The Morgan fingerprint density at radius 3 is 2.87 bits per heavy atom. The summed E-state index contributed by atoms with van der Waals surface area (Å²) in [6.07, 6.45) is 0.760. The molecule has 15 heavy (non-hydrogen) atoms. The summed E-state index contributed by atoms with van der Waals surface area (Å²) < 4.78 is 11.0. The van der Waals surface area contributed by atoms with Gasteiger partial charge in [0.05, 0.1) is 5.02 Å². The first-order chi connectivity index (χ1) is 7.24. The van der Waals surface area contributed by atoms with E-state index in [2.05, 4.69) is 0 Å². The number of rotatable bonds is 2. The summed E-state index contributed by atoms with van der Waals surface area (Å²) >= 11 is 6.22. The molecule has 1 aromatic rings. The molecule has 0 bridgehead atoms. The predicted octanol–water partition coefficient (Wildman–Crippen LogP) is 1.92. The molecule has 1 aliphatic rings. The van der Waals surface area contributed by atoms with Gasteiger partial charge in [0.25, 0.3) is 0 Å². The lowest BCUT2D eigenvalue weighted by molar-refractivity contribution is 0.170. The van der Waals surface area contributed by atoms with Crippen molar-refractivity contribution in [1.82, 2.24) is 0 Å². The molecule has 2 rings (SSSR count). The van der Waals surface area contributed by atoms with Crippen molar-refractivity contribution in [3.63, 3.8) is 0 Å². The van der Waals surface area contributed by atoms with Crippen molar-refractivity contribution in [2.75, 3.05) is 19.8 Å². The molecular weight excluding hydrogens is 214 g/mol. The van der Waals surface area contributed by atoms with E-state index in [0.29, 0.717) is 19.8 Å². The van der Waals surface area contributed by atoms with E-state index in [9.17, 15) is 0 Å². The van der Waals surface area contributed by atoms with E-state index >= 15 is 0 Å². The molecule has 82 valence electrons. The van der Waals surface area contributed by atoms with Gasteiger partial charge in [-0.3, -0.25) is 0 Å². The van der Waals surface area contributed by atoms with Crippen LogP contribution in [0.15, 0.2) is 6.07 Å². The van der Waals surface area contributed by atoms with Crippen LogP contribution >= 0.6 is 11.6 Å². The molecule has 0 saturated heterocycles. The third-order valence-corrected chi connectivity index (χ3v) is 3.01. The highest BCUT2D eigenvalue weighted by Gasteiger charge is 2.18. The van der Waals surface area contributed by atoms with Crippen LogP contribution in [0.4, 0.5) is 0 Å². The van der Waals surface area contributed by atoms with Gasteiger partial charge in [-0.05, 0) is 31.5 Å². The van der Waals surface area contributed by atoms with E-state index < -0.39 is 0 Å². The summed E-state index contributed by atoms with van der Waals surface area (Å²) in [5, 5.41) is 0.740. The van der Waals surface area contributed by atoms with Gasteiger partial charge in [0.15, 0.2) is 11.5 Å². The minimum Gasteiger partial charge on any atom is -0.486 e. The minimum atomic E-state index is 0.582. The molecule has 4 heteroatoms. The van der Waals surface area contributed by atoms with Crippen LogP contribution in [0, 0.1) is 6.92 Å². The van der Waals surface area contributed by atoms with Crippen LogP contribution < -0.4 is 15.2 Å². The van der Waals surface area contributed by atoms with Crippen LogP contribution in [-0.2, 0) is 6.42 Å². The van der Waals surface area contributed by atoms with E-state index in [1.54, 1.807) is 0 Å². The van der Waals surface area contributed by atoms with Gasteiger partial charge in [-0.1, -0.05) is 11.6 Å². The zero-order valence-corrected chi connectivity index (χ0v) is 9.43. The van der Waals surface area contributed by atoms with Crippen LogP contribution in [-0.4, -0.2) is 19.8 Å². The summed E-state index contributed by atoms with van der Waals surface area (Å²) in [7, 11) is 0. The Morgan fingerprint density at radius 2 is 2.13 bits per heavy atom. The second kappa shape index (κ2) is 4.29. The van der Waals surface area contributed by atoms with E-state index in [0.717, 1.165) is 34.1 Å². The third kappa shape index (κ3) is 1.90. The van der Waals surface area contributed by atoms with Crippen molar-refractivity contribution in [1.29, 1.82) is 0 Å². The lowest BCUT2D eigenvalue weighted by atomic mass is 10.1. The maximum atomic E-state index is 6.22. The molecule has 0 atom stereocenters. The zero-order valence-electron chi connectivity index (χ0n) is 8.68. The summed E-state index contributed by atoms with van der Waals surface area (Å²) in [4.78, 5) is 0. The number of hydrogen-bond donors (Lipinski definition) is 1. The molecule has 0 spiro atoms. The van der Waals surface area contributed by atoms with Crippen molar-refractivity contribution in [2.24, 2.45) is 5.73 Å². The minimum absolute atomic E-state index is 0.582. The predicted molar refractivity (Wildman–Crippen MR) is 59.9 cm³/mol. The molecule has 3 nitrogen and oxygen atoms in total. The third-order valence-electron chi connectivity index (χ3n) is 2.48. The lowest BCUT2D eigenvalue weighted by Gasteiger charge is -2.22. The van der Waals surface area contributed by atoms with E-state index in [1.165, 1.54) is 0 Å². The fraction of sp³-hybridized carbons (Fsp3) is 0.455. The van der Waals surface area contributed by atoms with Gasteiger partial charge >= 0.3 is 0 Å². The maximum absolute atomic E-state index is 6.22. The molecule has 1 aromatic carbocycles. The van der Waals surface area contributed by atoms with Crippen LogP contribution in [0.5, 0.6) is 11.5 Å². The molecule has 0 aromatic heterocycles. The average Bonchev–Trinajstić information content (AvgIpc) is 2.26. The fourth-order valence-corrected chi connectivity index (χ4v) is 1.97. The molecule has 1 aliphatic heterocycles. The first-order valence-corrected chi connectivity index (χ1v) is 5.39. The van der Waals surface area contributed by atoms with Gasteiger partial charge < -0.3 is 15.2 Å². The number of hydrogen-bond acceptors (Lipinski definition) is 3. The lowest BCUT2D eigenvalue weighted by Crippen LogP contribution is -2.17. The molecule has 0 fully saturated rings. The summed E-state index contributed by atoms with van der Waals surface area (Å²) in [5.41, 5.74) is 7.50. The van der Waals surface area contributed by atoms with Gasteiger partial charge in [-0.15, -0.1) is 0 Å². The summed E-state index contributed by atoms with van der Waals surface area (Å²) in [5.74, 6) is 1.55. The van der Waals surface area contributed by atoms with Gasteiger partial charge in [0.1, 0.15) is 13.2 Å². The number of ether oxygens (including phenoxy) is 2. The van der Waals surface area contributed by atoms with E-state index in [1.807, 2.05) is 13.0 Å². The smallest absolute Gasteiger partial charge is 0.165 e. The molecule has 0 amide bonds. The van der Waals surface area contributed by atoms with Crippen molar-refractivity contribution >= 4 is 11.6 Å². The first-order valence-electron chi connectivity index (χ1n) is 5.01. The summed E-state index contributed by atoms with van der Waals surface area (Å²) in [6, 6.07) is 1.93. The highest BCUT2D eigenvalue weighted by Crippen LogP contribution is 2.39. The van der Waals surface area contributed by atoms with Crippen LogP contribution in [0.25, 0.3) is 0 Å². The van der Waals surface area contributed by atoms with Crippen molar-refractivity contribution in [2.45, 2.75) is 13.3 Å². The van der Waals surface area contributed by atoms with Crippen molar-refractivity contribution < 1.29 is 9.47 Å². The SMILES string of the molecule is Cc1c(Cl)c(CCN)cc2c1OCCO2. The molecule has 2 N–H and O–H groups in total. The highest BCUT2D eigenvalue weighted by atomic mass is 35.5. The molecule has 0 aliphatic carbocycles. The number of benzene rings is 1. The molecule has 0 saturated carbocycles. The quantitative estimate of drug-likeness (QED) is 0.840. The number of fused-ring (bicyclic) bond motifs is 1. The topological polar surface area (TPSA) is 44.5 Å². The number of nitrogens with two attached hydrogens (primary N) is 1. The van der Waals surface area contributed by atoms with Gasteiger partial charge in [0.2, 0.25) is 0 Å². The Kier molecular flexibility index (Phi) is 3.03. The second-order valence-electron chi connectivity index (χ2n) is 3.54. The fourth-order valence-electron chi connectivity index (χ4n) is 1.73. The molecular formula is C11H14ClNO2. The van der Waals surface area contributed by atoms with Crippen LogP contribution in [0.2, 0.25) is 5.02 Å². The van der Waals surface area contributed by atoms with Gasteiger partial charge in [-0.25, -0.2) is 0 Å². The first kappa shape index (κ1) is 10.6. The van der Waals surface area contributed by atoms with Gasteiger partial charge in [-0.2, -0.15) is 0 Å². The Labute approximate surface area is 94.1 Å². The van der Waals surface area contributed by atoms with E-state index in [4.69, 9.17) is 26.8 Å². The van der Waals surface area contributed by atoms with Crippen LogP contribution in [0.3, 0.4) is 0 Å². The monoisotopic (exact) mass is 227 g/mol. The van der Waals surface area contributed by atoms with Crippen LogP contribution in [0.1, 0.15) is 11.1 Å². The molecule has 1 heterocycles. The zero-order chi connectivity index (χ0) is 10.8. The Hall–Kier alpha value is -0.930. The van der Waals surface area contributed by atoms with Crippen molar-refractivity contribution in [3.8, 4) is 11.5 Å². The van der Waals surface area contributed by atoms with Crippen molar-refractivity contribution in [3.05, 3.63) is 22.2 Å². The van der Waals surface area contributed by atoms with Gasteiger partial charge in [0, 0.05) is 5.56 Å². The maximum Gasteiger partial charge on any atom is 0.165 e. The van der Waals surface area contributed by atoms with E-state index in [-0.39, 0.29) is 0 Å². The standard InChI is InChI=1S/C11H14ClNO2/c1-7-10(12)8(2-3-13)6-9-11(7)15-5-4-14-9/h6H,2-5,13H2,1H3. The second-order valence-corrected chi connectivity index (χ2v) is 3.92. The Bertz CT molecular complexity index is 379. The normalized spacial score (nSPS) is 14.1. The largest absolute Gasteiger partial charge is 0.486 e. The Morgan fingerprint density at radius 1 is 1.40 bits per heavy atom. The highest BCUT2D eigenvalue weighted by molar-refractivity contribution is 6.32. The average molecular weight is 228 g/mol. The molecule has 0 unspecified atom stereocenters. The Balaban J connectivity index is 2.47. The molecule has 0 radical (unpaired) electrons. The summed E-state index contributed by atoms with van der Waals surface area (Å²) in [6.45, 7) is 3.70.